The smallest absolute Gasteiger partial charge is 0.131 e. The first kappa shape index (κ1) is 21.4. The highest BCUT2D eigenvalue weighted by atomic mass is 127. The molecule has 3 aromatic carbocycles. The van der Waals surface area contributed by atoms with E-state index in [1.165, 1.54) is 14.7 Å². The zero-order valence-corrected chi connectivity index (χ0v) is 21.0. The van der Waals surface area contributed by atoms with Crippen molar-refractivity contribution in [1.29, 1.82) is 0 Å². The van der Waals surface area contributed by atoms with Crippen LogP contribution in [0.3, 0.4) is 0 Å². The zero-order chi connectivity index (χ0) is 20.8. The number of benzene rings is 3. The molecule has 3 aromatic rings. The monoisotopic (exact) mass is 598 g/mol. The number of halogens is 2. The van der Waals surface area contributed by atoms with E-state index >= 15 is 0 Å². The van der Waals surface area contributed by atoms with Crippen LogP contribution in [0.4, 0.5) is 0 Å². The molecule has 0 fully saturated rings. The standard InChI is InChI=1S/C24H24I2O2/c1-13-6-17(11-20(25)7-13)24(5,18-8-14(2)22(27)15(3)9-18)19-10-16(4)23(28)21(26)12-19/h6-12,27-28H,1-5H3. The average molecular weight is 598 g/mol. The number of hydrogen-bond donors (Lipinski definition) is 2. The van der Waals surface area contributed by atoms with Gasteiger partial charge in [0.1, 0.15) is 11.5 Å². The topological polar surface area (TPSA) is 40.5 Å². The van der Waals surface area contributed by atoms with Gasteiger partial charge in [0.25, 0.3) is 0 Å². The summed E-state index contributed by atoms with van der Waals surface area (Å²) < 4.78 is 2.03. The molecule has 1 unspecified atom stereocenters. The van der Waals surface area contributed by atoms with Crippen molar-refractivity contribution in [3.8, 4) is 11.5 Å². The van der Waals surface area contributed by atoms with E-state index in [1.54, 1.807) is 0 Å². The van der Waals surface area contributed by atoms with Crippen molar-refractivity contribution in [2.24, 2.45) is 0 Å². The molecule has 4 heteroatoms. The van der Waals surface area contributed by atoms with Crippen molar-refractivity contribution in [1.82, 2.24) is 0 Å². The summed E-state index contributed by atoms with van der Waals surface area (Å²) >= 11 is 4.56. The van der Waals surface area contributed by atoms with Crippen LogP contribution in [0, 0.1) is 34.8 Å². The van der Waals surface area contributed by atoms with Gasteiger partial charge in [0.2, 0.25) is 0 Å². The molecule has 0 amide bonds. The van der Waals surface area contributed by atoms with Crippen LogP contribution >= 0.6 is 45.2 Å². The summed E-state index contributed by atoms with van der Waals surface area (Å²) in [7, 11) is 0. The molecule has 146 valence electrons. The Kier molecular flexibility index (Phi) is 6.01. The number of rotatable bonds is 3. The molecule has 0 saturated heterocycles. The summed E-state index contributed by atoms with van der Waals surface area (Å²) in [5.41, 5.74) is 6.84. The first-order chi connectivity index (χ1) is 13.0. The van der Waals surface area contributed by atoms with Crippen LogP contribution in [-0.4, -0.2) is 10.2 Å². The molecular weight excluding hydrogens is 574 g/mol. The van der Waals surface area contributed by atoms with Crippen molar-refractivity contribution in [3.05, 3.63) is 88.5 Å². The maximum absolute atomic E-state index is 10.3. The third-order valence-electron chi connectivity index (χ3n) is 5.52. The van der Waals surface area contributed by atoms with Crippen LogP contribution < -0.4 is 0 Å². The Bertz CT molecular complexity index is 946. The van der Waals surface area contributed by atoms with Crippen molar-refractivity contribution in [2.75, 3.05) is 0 Å². The molecule has 28 heavy (non-hydrogen) atoms. The van der Waals surface area contributed by atoms with Gasteiger partial charge >= 0.3 is 0 Å². The van der Waals surface area contributed by atoms with E-state index in [1.807, 2.05) is 20.8 Å². The van der Waals surface area contributed by atoms with Crippen LogP contribution in [0.2, 0.25) is 0 Å². The Hall–Kier alpha value is -1.28. The van der Waals surface area contributed by atoms with E-state index in [0.717, 1.165) is 31.4 Å². The van der Waals surface area contributed by atoms with E-state index in [9.17, 15) is 10.2 Å². The molecule has 0 saturated carbocycles. The molecule has 0 aliphatic heterocycles. The predicted octanol–water partition coefficient (Wildman–Crippen LogP) is 6.89. The minimum Gasteiger partial charge on any atom is -0.507 e. The van der Waals surface area contributed by atoms with E-state index in [0.29, 0.717) is 11.5 Å². The second-order valence-corrected chi connectivity index (χ2v) is 10.1. The van der Waals surface area contributed by atoms with Gasteiger partial charge in [-0.15, -0.1) is 0 Å². The number of phenols is 2. The van der Waals surface area contributed by atoms with Crippen LogP contribution in [0.15, 0.2) is 42.5 Å². The summed E-state index contributed by atoms with van der Waals surface area (Å²) in [5.74, 6) is 0.685. The van der Waals surface area contributed by atoms with Crippen molar-refractivity contribution < 1.29 is 10.2 Å². The summed E-state index contributed by atoms with van der Waals surface area (Å²) in [4.78, 5) is 0. The molecule has 0 aromatic heterocycles. The van der Waals surface area contributed by atoms with Crippen molar-refractivity contribution in [2.45, 2.75) is 40.0 Å². The Labute approximate surface area is 194 Å². The van der Waals surface area contributed by atoms with Gasteiger partial charge in [0.05, 0.1) is 3.57 Å². The molecular formula is C24H24I2O2. The highest BCUT2D eigenvalue weighted by Crippen LogP contribution is 2.43. The van der Waals surface area contributed by atoms with Gasteiger partial charge in [0.15, 0.2) is 0 Å². The highest BCUT2D eigenvalue weighted by Gasteiger charge is 2.33. The van der Waals surface area contributed by atoms with Crippen LogP contribution in [-0.2, 0) is 5.41 Å². The molecule has 1 atom stereocenters. The fourth-order valence-corrected chi connectivity index (χ4v) is 5.38. The van der Waals surface area contributed by atoms with Gasteiger partial charge in [0, 0.05) is 8.99 Å². The Morgan fingerprint density at radius 2 is 1.11 bits per heavy atom. The quantitative estimate of drug-likeness (QED) is 0.255. The fourth-order valence-electron chi connectivity index (χ4n) is 3.79. The maximum atomic E-state index is 10.3. The average Bonchev–Trinajstić information content (AvgIpc) is 2.61. The van der Waals surface area contributed by atoms with Gasteiger partial charge in [-0.1, -0.05) is 24.3 Å². The van der Waals surface area contributed by atoms with Crippen molar-refractivity contribution in [3.63, 3.8) is 0 Å². The first-order valence-corrected chi connectivity index (χ1v) is 11.3. The Morgan fingerprint density at radius 1 is 0.643 bits per heavy atom. The molecule has 0 aliphatic rings. The second-order valence-electron chi connectivity index (χ2n) is 7.72. The lowest BCUT2D eigenvalue weighted by molar-refractivity contribution is 0.465. The highest BCUT2D eigenvalue weighted by molar-refractivity contribution is 14.1. The second kappa shape index (κ2) is 7.86. The maximum Gasteiger partial charge on any atom is 0.131 e. The normalized spacial score (nSPS) is 13.4. The summed E-state index contributed by atoms with van der Waals surface area (Å²) in [5, 5.41) is 20.6. The van der Waals surface area contributed by atoms with Crippen LogP contribution in [0.1, 0.15) is 45.9 Å². The molecule has 3 rings (SSSR count). The summed E-state index contributed by atoms with van der Waals surface area (Å²) in [6, 6.07) is 14.9. The Morgan fingerprint density at radius 3 is 1.61 bits per heavy atom. The first-order valence-electron chi connectivity index (χ1n) is 9.12. The molecule has 0 radical (unpaired) electrons. The van der Waals surface area contributed by atoms with Crippen LogP contribution in [0.5, 0.6) is 11.5 Å². The minimum atomic E-state index is -0.423. The van der Waals surface area contributed by atoms with E-state index in [2.05, 4.69) is 101 Å². The number of hydrogen-bond acceptors (Lipinski definition) is 2. The summed E-state index contributed by atoms with van der Waals surface area (Å²) in [6.07, 6.45) is 0. The van der Waals surface area contributed by atoms with Crippen LogP contribution in [0.25, 0.3) is 0 Å². The molecule has 2 N–H and O–H groups in total. The lowest BCUT2D eigenvalue weighted by Crippen LogP contribution is -2.26. The largest absolute Gasteiger partial charge is 0.507 e. The molecule has 0 aliphatic carbocycles. The van der Waals surface area contributed by atoms with E-state index < -0.39 is 5.41 Å². The van der Waals surface area contributed by atoms with Gasteiger partial charge < -0.3 is 10.2 Å². The molecule has 0 spiro atoms. The predicted molar refractivity (Wildman–Crippen MR) is 133 cm³/mol. The third kappa shape index (κ3) is 3.77. The van der Waals surface area contributed by atoms with Gasteiger partial charge in [-0.05, 0) is 137 Å². The lowest BCUT2D eigenvalue weighted by atomic mass is 9.70. The minimum absolute atomic E-state index is 0.337. The molecule has 2 nitrogen and oxygen atoms in total. The zero-order valence-electron chi connectivity index (χ0n) is 16.7. The van der Waals surface area contributed by atoms with Crippen molar-refractivity contribution >= 4 is 45.2 Å². The third-order valence-corrected chi connectivity index (χ3v) is 6.96. The summed E-state index contributed by atoms with van der Waals surface area (Å²) in [6.45, 7) is 10.2. The van der Waals surface area contributed by atoms with E-state index in [-0.39, 0.29) is 0 Å². The number of aryl methyl sites for hydroxylation is 4. The van der Waals surface area contributed by atoms with Gasteiger partial charge in [-0.3, -0.25) is 0 Å². The number of aromatic hydroxyl groups is 2. The molecule has 0 bridgehead atoms. The molecule has 0 heterocycles. The van der Waals surface area contributed by atoms with Gasteiger partial charge in [-0.25, -0.2) is 0 Å². The lowest BCUT2D eigenvalue weighted by Gasteiger charge is -2.34. The SMILES string of the molecule is Cc1cc(I)cc(C(C)(c2cc(C)c(O)c(C)c2)c2cc(C)c(O)c(I)c2)c1. The van der Waals surface area contributed by atoms with Gasteiger partial charge in [-0.2, -0.15) is 0 Å². The van der Waals surface area contributed by atoms with E-state index in [4.69, 9.17) is 0 Å². The number of phenolic OH excluding ortho intramolecular Hbond substituents is 2. The Balaban J connectivity index is 2.41. The fraction of sp³-hybridized carbons (Fsp3) is 0.250.